The van der Waals surface area contributed by atoms with E-state index < -0.39 is 5.54 Å². The van der Waals surface area contributed by atoms with E-state index in [4.69, 9.17) is 5.73 Å². The zero-order chi connectivity index (χ0) is 11.9. The zero-order valence-corrected chi connectivity index (χ0v) is 10.1. The highest BCUT2D eigenvalue weighted by molar-refractivity contribution is 5.58. The Morgan fingerprint density at radius 2 is 2.12 bits per heavy atom. The summed E-state index contributed by atoms with van der Waals surface area (Å²) in [6.07, 6.45) is 3.45. The predicted octanol–water partition coefficient (Wildman–Crippen LogP) is 1.15. The third kappa shape index (κ3) is 1.94. The summed E-state index contributed by atoms with van der Waals surface area (Å²) in [5, 5.41) is 9.55. The first-order valence-corrected chi connectivity index (χ1v) is 6.45. The number of aliphatic hydroxyl groups excluding tert-OH is 1. The molecular formula is C14H20N2O. The second-order valence-corrected chi connectivity index (χ2v) is 5.47. The van der Waals surface area contributed by atoms with Gasteiger partial charge in [0.1, 0.15) is 0 Å². The Balaban J connectivity index is 1.78. The summed E-state index contributed by atoms with van der Waals surface area (Å²) < 4.78 is 0. The molecule has 1 unspecified atom stereocenters. The van der Waals surface area contributed by atoms with E-state index >= 15 is 0 Å². The van der Waals surface area contributed by atoms with Crippen LogP contribution in [-0.4, -0.2) is 30.3 Å². The third-order valence-corrected chi connectivity index (χ3v) is 4.15. The summed E-state index contributed by atoms with van der Waals surface area (Å²) in [6, 6.07) is 8.51. The van der Waals surface area contributed by atoms with Gasteiger partial charge in [0.05, 0.1) is 12.1 Å². The topological polar surface area (TPSA) is 49.5 Å². The maximum atomic E-state index is 9.55. The minimum atomic E-state index is -0.405. The highest BCUT2D eigenvalue weighted by atomic mass is 16.3. The first-order valence-electron chi connectivity index (χ1n) is 6.45. The minimum Gasteiger partial charge on any atom is -0.394 e. The van der Waals surface area contributed by atoms with Crippen molar-refractivity contribution in [3.8, 4) is 0 Å². The Labute approximate surface area is 102 Å². The molecule has 1 atom stereocenters. The van der Waals surface area contributed by atoms with Crippen molar-refractivity contribution in [1.82, 2.24) is 0 Å². The van der Waals surface area contributed by atoms with Crippen molar-refractivity contribution >= 4 is 5.69 Å². The molecule has 1 fully saturated rings. The van der Waals surface area contributed by atoms with Crippen LogP contribution in [0.4, 0.5) is 5.69 Å². The van der Waals surface area contributed by atoms with Crippen LogP contribution in [-0.2, 0) is 6.42 Å². The van der Waals surface area contributed by atoms with E-state index in [1.54, 1.807) is 0 Å². The van der Waals surface area contributed by atoms with Crippen molar-refractivity contribution < 1.29 is 5.11 Å². The third-order valence-electron chi connectivity index (χ3n) is 4.15. The van der Waals surface area contributed by atoms with Crippen molar-refractivity contribution in [3.63, 3.8) is 0 Å². The molecule has 0 saturated heterocycles. The van der Waals surface area contributed by atoms with E-state index in [0.717, 1.165) is 19.5 Å². The molecule has 0 aromatic heterocycles. The van der Waals surface area contributed by atoms with Crippen LogP contribution in [0, 0.1) is 5.92 Å². The summed E-state index contributed by atoms with van der Waals surface area (Å²) in [4.78, 5) is 2.34. The van der Waals surface area contributed by atoms with Crippen LogP contribution in [0.2, 0.25) is 0 Å². The molecule has 1 heterocycles. The second-order valence-electron chi connectivity index (χ2n) is 5.47. The quantitative estimate of drug-likeness (QED) is 0.818. The number of para-hydroxylation sites is 1. The van der Waals surface area contributed by atoms with Crippen LogP contribution in [0.15, 0.2) is 24.3 Å². The number of nitrogens with two attached hydrogens (primary N) is 1. The van der Waals surface area contributed by atoms with Gasteiger partial charge in [-0.25, -0.2) is 0 Å². The Bertz CT molecular complexity index is 416. The molecule has 1 saturated carbocycles. The molecule has 0 spiro atoms. The van der Waals surface area contributed by atoms with Crippen LogP contribution >= 0.6 is 0 Å². The van der Waals surface area contributed by atoms with E-state index in [0.29, 0.717) is 5.92 Å². The molecule has 0 radical (unpaired) electrons. The summed E-state index contributed by atoms with van der Waals surface area (Å²) in [5.74, 6) is 0.514. The van der Waals surface area contributed by atoms with E-state index in [-0.39, 0.29) is 6.61 Å². The van der Waals surface area contributed by atoms with Gasteiger partial charge < -0.3 is 15.7 Å². The van der Waals surface area contributed by atoms with Crippen LogP contribution in [0.5, 0.6) is 0 Å². The number of fused-ring (bicyclic) bond motifs is 1. The fourth-order valence-corrected chi connectivity index (χ4v) is 2.89. The number of hydrogen-bond acceptors (Lipinski definition) is 3. The number of nitrogens with zero attached hydrogens (tertiary/aromatic N) is 1. The van der Waals surface area contributed by atoms with Crippen molar-refractivity contribution in [3.05, 3.63) is 29.8 Å². The summed E-state index contributed by atoms with van der Waals surface area (Å²) in [7, 11) is 0. The Morgan fingerprint density at radius 1 is 1.35 bits per heavy atom. The Morgan fingerprint density at radius 3 is 2.82 bits per heavy atom. The highest BCUT2D eigenvalue weighted by Crippen LogP contribution is 2.40. The number of hydrogen-bond donors (Lipinski definition) is 2. The smallest absolute Gasteiger partial charge is 0.0631 e. The molecule has 3 N–H and O–H groups in total. The number of benzene rings is 1. The normalized spacial score (nSPS) is 22.4. The van der Waals surface area contributed by atoms with E-state index in [1.807, 2.05) is 0 Å². The molecule has 3 nitrogen and oxygen atoms in total. The van der Waals surface area contributed by atoms with Gasteiger partial charge in [0.25, 0.3) is 0 Å². The number of anilines is 1. The van der Waals surface area contributed by atoms with Gasteiger partial charge in [-0.15, -0.1) is 0 Å². The predicted molar refractivity (Wildman–Crippen MR) is 69.1 cm³/mol. The highest BCUT2D eigenvalue weighted by Gasteiger charge is 2.43. The van der Waals surface area contributed by atoms with E-state index in [1.165, 1.54) is 24.1 Å². The van der Waals surface area contributed by atoms with Gasteiger partial charge in [0.2, 0.25) is 0 Å². The maximum absolute atomic E-state index is 9.55. The molecule has 1 aliphatic carbocycles. The minimum absolute atomic E-state index is 0.0936. The lowest BCUT2D eigenvalue weighted by Crippen LogP contribution is -2.54. The first kappa shape index (κ1) is 11.1. The average Bonchev–Trinajstić information content (AvgIpc) is 3.14. The zero-order valence-electron chi connectivity index (χ0n) is 10.1. The number of aliphatic hydroxyl groups is 1. The molecule has 92 valence electrons. The van der Waals surface area contributed by atoms with Gasteiger partial charge in [0, 0.05) is 18.8 Å². The van der Waals surface area contributed by atoms with Crippen LogP contribution in [0.1, 0.15) is 18.4 Å². The lowest BCUT2D eigenvalue weighted by atomic mass is 9.95. The Hall–Kier alpha value is -1.06. The van der Waals surface area contributed by atoms with Crippen molar-refractivity contribution in [2.75, 3.05) is 24.6 Å². The standard InChI is InChI=1S/C14H20N2O/c15-14(10-17,12-5-6-12)9-16-8-7-11-3-1-2-4-13(11)16/h1-4,12,17H,5-10,15H2. The first-order chi connectivity index (χ1) is 8.23. The SMILES string of the molecule is NC(CO)(CN1CCc2ccccc21)C1CC1. The maximum Gasteiger partial charge on any atom is 0.0631 e. The van der Waals surface area contributed by atoms with Crippen molar-refractivity contribution in [2.24, 2.45) is 11.7 Å². The molecule has 2 aliphatic rings. The average molecular weight is 232 g/mol. The fraction of sp³-hybridized carbons (Fsp3) is 0.571. The molecular weight excluding hydrogens is 212 g/mol. The Kier molecular flexibility index (Phi) is 2.60. The van der Waals surface area contributed by atoms with Crippen LogP contribution in [0.3, 0.4) is 0 Å². The molecule has 0 bridgehead atoms. The number of rotatable bonds is 4. The molecule has 0 amide bonds. The van der Waals surface area contributed by atoms with Crippen molar-refractivity contribution in [1.29, 1.82) is 0 Å². The van der Waals surface area contributed by atoms with E-state index in [9.17, 15) is 5.11 Å². The fourth-order valence-electron chi connectivity index (χ4n) is 2.89. The van der Waals surface area contributed by atoms with Gasteiger partial charge in [-0.2, -0.15) is 0 Å². The lowest BCUT2D eigenvalue weighted by Gasteiger charge is -2.33. The van der Waals surface area contributed by atoms with E-state index in [2.05, 4.69) is 29.2 Å². The van der Waals surface area contributed by atoms with Crippen LogP contribution < -0.4 is 10.6 Å². The summed E-state index contributed by atoms with van der Waals surface area (Å²) in [6.45, 7) is 1.91. The lowest BCUT2D eigenvalue weighted by molar-refractivity contribution is 0.180. The van der Waals surface area contributed by atoms with Gasteiger partial charge in [-0.3, -0.25) is 0 Å². The van der Waals surface area contributed by atoms with Gasteiger partial charge >= 0.3 is 0 Å². The van der Waals surface area contributed by atoms with Gasteiger partial charge in [-0.05, 0) is 36.8 Å². The van der Waals surface area contributed by atoms with Crippen LogP contribution in [0.25, 0.3) is 0 Å². The molecule has 1 aromatic carbocycles. The summed E-state index contributed by atoms with van der Waals surface area (Å²) >= 11 is 0. The molecule has 1 aliphatic heterocycles. The van der Waals surface area contributed by atoms with Gasteiger partial charge in [0.15, 0.2) is 0 Å². The van der Waals surface area contributed by atoms with Gasteiger partial charge in [-0.1, -0.05) is 18.2 Å². The summed E-state index contributed by atoms with van der Waals surface area (Å²) in [5.41, 5.74) is 8.65. The largest absolute Gasteiger partial charge is 0.394 e. The molecule has 3 rings (SSSR count). The monoisotopic (exact) mass is 232 g/mol. The molecule has 3 heteroatoms. The van der Waals surface area contributed by atoms with Crippen molar-refractivity contribution in [2.45, 2.75) is 24.8 Å². The molecule has 17 heavy (non-hydrogen) atoms. The molecule has 1 aromatic rings. The second kappa shape index (κ2) is 4.00.